The smallest absolute Gasteiger partial charge is 0.147 e. The molecule has 1 atom stereocenters. The highest BCUT2D eigenvalue weighted by molar-refractivity contribution is 7.99. The minimum absolute atomic E-state index is 0. The van der Waals surface area contributed by atoms with Crippen LogP contribution in [0.2, 0.25) is 0 Å². The van der Waals surface area contributed by atoms with Crippen molar-refractivity contribution in [3.63, 3.8) is 0 Å². The molecule has 1 saturated heterocycles. The van der Waals surface area contributed by atoms with Crippen LogP contribution in [0.3, 0.4) is 0 Å². The van der Waals surface area contributed by atoms with Crippen molar-refractivity contribution in [1.82, 2.24) is 9.97 Å². The van der Waals surface area contributed by atoms with Gasteiger partial charge in [-0.2, -0.15) is 0 Å². The van der Waals surface area contributed by atoms with Crippen LogP contribution in [0.15, 0.2) is 41.7 Å². The molecule has 1 spiro atoms. The third kappa shape index (κ3) is 3.36. The molecule has 1 aromatic carbocycles. The van der Waals surface area contributed by atoms with Crippen LogP contribution in [0.25, 0.3) is 0 Å². The Morgan fingerprint density at radius 1 is 1.07 bits per heavy atom. The minimum atomic E-state index is 0. The maximum absolute atomic E-state index is 6.68. The molecule has 4 nitrogen and oxygen atoms in total. The summed E-state index contributed by atoms with van der Waals surface area (Å²) in [6.07, 6.45) is 11.3. The van der Waals surface area contributed by atoms with E-state index in [0.717, 1.165) is 48.4 Å². The molecule has 5 rings (SSSR count). The van der Waals surface area contributed by atoms with Crippen LogP contribution >= 0.6 is 11.8 Å². The molecule has 1 saturated carbocycles. The number of anilines is 1. The standard InChI is InChI=1S/C21H26N4S.CH4/c22-20-17-7-2-1-4-15(17)12-21(20)8-10-25(11-9-21)18-13-24-19(14-23-18)26-16-5-3-6-16;/h1-2,4,7,13-14,16,20H,3,5-6,8-12,22H2;1H4/t20-;/m1./s1. The molecule has 0 amide bonds. The van der Waals surface area contributed by atoms with Crippen molar-refractivity contribution in [2.24, 2.45) is 11.1 Å². The number of aromatic nitrogens is 2. The SMILES string of the molecule is C.N[C@@H]1c2ccccc2CC12CCN(c1cnc(SC3CCC3)cn1)CC2. The van der Waals surface area contributed by atoms with Crippen molar-refractivity contribution in [2.45, 2.75) is 62.3 Å². The van der Waals surface area contributed by atoms with E-state index in [2.05, 4.69) is 34.1 Å². The van der Waals surface area contributed by atoms with Crippen LogP contribution in [-0.2, 0) is 6.42 Å². The molecular formula is C22H30N4S. The molecule has 144 valence electrons. The van der Waals surface area contributed by atoms with Gasteiger partial charge in [0.05, 0.1) is 12.4 Å². The highest BCUT2D eigenvalue weighted by Crippen LogP contribution is 2.50. The van der Waals surface area contributed by atoms with E-state index in [1.54, 1.807) is 0 Å². The first-order valence-corrected chi connectivity index (χ1v) is 10.7. The number of hydrogen-bond acceptors (Lipinski definition) is 5. The van der Waals surface area contributed by atoms with E-state index in [0.29, 0.717) is 0 Å². The lowest BCUT2D eigenvalue weighted by Crippen LogP contribution is -2.44. The van der Waals surface area contributed by atoms with Crippen molar-refractivity contribution in [1.29, 1.82) is 0 Å². The zero-order chi connectivity index (χ0) is 17.6. The summed E-state index contributed by atoms with van der Waals surface area (Å²) in [6, 6.07) is 8.89. The molecule has 27 heavy (non-hydrogen) atoms. The highest BCUT2D eigenvalue weighted by Gasteiger charge is 2.45. The van der Waals surface area contributed by atoms with Gasteiger partial charge in [-0.3, -0.25) is 0 Å². The zero-order valence-corrected chi connectivity index (χ0v) is 15.9. The van der Waals surface area contributed by atoms with Crippen LogP contribution in [0.1, 0.15) is 56.7 Å². The van der Waals surface area contributed by atoms with E-state index < -0.39 is 0 Å². The van der Waals surface area contributed by atoms with Crippen LogP contribution in [0.4, 0.5) is 5.82 Å². The predicted molar refractivity (Wildman–Crippen MR) is 113 cm³/mol. The summed E-state index contributed by atoms with van der Waals surface area (Å²) in [5.74, 6) is 1.02. The molecule has 1 aromatic heterocycles. The fourth-order valence-electron chi connectivity index (χ4n) is 4.68. The lowest BCUT2D eigenvalue weighted by atomic mass is 9.73. The number of benzene rings is 1. The molecule has 5 heteroatoms. The number of rotatable bonds is 3. The summed E-state index contributed by atoms with van der Waals surface area (Å²) in [5.41, 5.74) is 9.71. The van der Waals surface area contributed by atoms with Crippen LogP contribution in [-0.4, -0.2) is 28.3 Å². The number of hydrogen-bond donors (Lipinski definition) is 1. The average molecular weight is 383 g/mol. The molecule has 2 aliphatic carbocycles. The van der Waals surface area contributed by atoms with Gasteiger partial charge in [0, 0.05) is 24.4 Å². The van der Waals surface area contributed by atoms with E-state index in [1.807, 2.05) is 24.2 Å². The second kappa shape index (κ2) is 7.44. The van der Waals surface area contributed by atoms with E-state index >= 15 is 0 Å². The quantitative estimate of drug-likeness (QED) is 0.841. The lowest BCUT2D eigenvalue weighted by molar-refractivity contribution is 0.187. The maximum atomic E-state index is 6.68. The number of nitrogens with zero attached hydrogens (tertiary/aromatic N) is 3. The van der Waals surface area contributed by atoms with Gasteiger partial charge in [0.25, 0.3) is 0 Å². The van der Waals surface area contributed by atoms with E-state index in [4.69, 9.17) is 10.7 Å². The minimum Gasteiger partial charge on any atom is -0.355 e. The van der Waals surface area contributed by atoms with Crippen molar-refractivity contribution in [3.8, 4) is 0 Å². The van der Waals surface area contributed by atoms with Crippen LogP contribution < -0.4 is 10.6 Å². The monoisotopic (exact) mass is 382 g/mol. The second-order valence-electron chi connectivity index (χ2n) is 8.09. The van der Waals surface area contributed by atoms with Crippen LogP contribution in [0, 0.1) is 5.41 Å². The molecular weight excluding hydrogens is 352 g/mol. The summed E-state index contributed by atoms with van der Waals surface area (Å²) in [5, 5.41) is 1.83. The summed E-state index contributed by atoms with van der Waals surface area (Å²) in [7, 11) is 0. The molecule has 2 heterocycles. The van der Waals surface area contributed by atoms with Gasteiger partial charge in [-0.25, -0.2) is 9.97 Å². The van der Waals surface area contributed by atoms with E-state index in [9.17, 15) is 0 Å². The summed E-state index contributed by atoms with van der Waals surface area (Å²) >= 11 is 1.89. The number of nitrogens with two attached hydrogens (primary N) is 1. The molecule has 0 radical (unpaired) electrons. The average Bonchev–Trinajstić information content (AvgIpc) is 2.92. The van der Waals surface area contributed by atoms with Gasteiger partial charge in [-0.1, -0.05) is 38.1 Å². The molecule has 3 aliphatic rings. The first kappa shape index (κ1) is 18.8. The Kier molecular flexibility index (Phi) is 5.17. The van der Waals surface area contributed by atoms with Gasteiger partial charge in [0.2, 0.25) is 0 Å². The van der Waals surface area contributed by atoms with Gasteiger partial charge in [-0.05, 0) is 48.6 Å². The molecule has 1 aliphatic heterocycles. The Bertz CT molecular complexity index is 779. The second-order valence-corrected chi connectivity index (χ2v) is 9.41. The van der Waals surface area contributed by atoms with Crippen molar-refractivity contribution < 1.29 is 0 Å². The number of piperidine rings is 1. The van der Waals surface area contributed by atoms with Crippen molar-refractivity contribution in [3.05, 3.63) is 47.8 Å². The summed E-state index contributed by atoms with van der Waals surface area (Å²) in [6.45, 7) is 2.04. The molecule has 2 aromatic rings. The largest absolute Gasteiger partial charge is 0.355 e. The van der Waals surface area contributed by atoms with Gasteiger partial charge >= 0.3 is 0 Å². The van der Waals surface area contributed by atoms with Gasteiger partial charge in [0.15, 0.2) is 0 Å². The number of thioether (sulfide) groups is 1. The highest BCUT2D eigenvalue weighted by atomic mass is 32.2. The fraction of sp³-hybridized carbons (Fsp3) is 0.545. The van der Waals surface area contributed by atoms with Gasteiger partial charge < -0.3 is 10.6 Å². The Balaban J connectivity index is 0.00000180. The number of fused-ring (bicyclic) bond motifs is 1. The molecule has 2 N–H and O–H groups in total. The Morgan fingerprint density at radius 2 is 1.85 bits per heavy atom. The molecule has 0 unspecified atom stereocenters. The van der Waals surface area contributed by atoms with Crippen molar-refractivity contribution >= 4 is 17.6 Å². The Labute approximate surface area is 167 Å². The third-order valence-electron chi connectivity index (χ3n) is 6.63. The van der Waals surface area contributed by atoms with Gasteiger partial charge in [0.1, 0.15) is 10.8 Å². The van der Waals surface area contributed by atoms with E-state index in [-0.39, 0.29) is 18.9 Å². The Morgan fingerprint density at radius 3 is 2.48 bits per heavy atom. The predicted octanol–water partition coefficient (Wildman–Crippen LogP) is 4.60. The normalized spacial score (nSPS) is 23.6. The molecule has 0 bridgehead atoms. The maximum Gasteiger partial charge on any atom is 0.147 e. The van der Waals surface area contributed by atoms with E-state index in [1.165, 1.54) is 30.4 Å². The third-order valence-corrected chi connectivity index (χ3v) is 7.89. The Hall–Kier alpha value is -1.59. The van der Waals surface area contributed by atoms with Crippen LogP contribution in [0.5, 0.6) is 0 Å². The van der Waals surface area contributed by atoms with Gasteiger partial charge in [-0.15, -0.1) is 11.8 Å². The fourth-order valence-corrected chi connectivity index (χ4v) is 5.82. The zero-order valence-electron chi connectivity index (χ0n) is 15.1. The first-order chi connectivity index (χ1) is 12.7. The summed E-state index contributed by atoms with van der Waals surface area (Å²) < 4.78 is 0. The summed E-state index contributed by atoms with van der Waals surface area (Å²) in [4.78, 5) is 11.7. The molecule has 2 fully saturated rings. The topological polar surface area (TPSA) is 55.0 Å². The lowest BCUT2D eigenvalue weighted by Gasteiger charge is -2.42. The first-order valence-electron chi connectivity index (χ1n) is 9.81. The van der Waals surface area contributed by atoms with Crippen molar-refractivity contribution in [2.75, 3.05) is 18.0 Å².